The summed E-state index contributed by atoms with van der Waals surface area (Å²) in [4.78, 5) is 34.1. The molecule has 2 amide bonds. The molecule has 17 heteroatoms. The van der Waals surface area contributed by atoms with Crippen LogP contribution in [0, 0.1) is 11.7 Å². The van der Waals surface area contributed by atoms with E-state index in [4.69, 9.17) is 21.1 Å². The van der Waals surface area contributed by atoms with Crippen molar-refractivity contribution in [1.29, 1.82) is 0 Å². The summed E-state index contributed by atoms with van der Waals surface area (Å²) >= 11 is 6.14. The summed E-state index contributed by atoms with van der Waals surface area (Å²) in [5.41, 5.74) is 10.3. The molecule has 2 N–H and O–H groups in total. The third-order valence-corrected chi connectivity index (χ3v) is 11.8. The van der Waals surface area contributed by atoms with Gasteiger partial charge in [0.2, 0.25) is 15.9 Å². The fourth-order valence-corrected chi connectivity index (χ4v) is 8.96. The van der Waals surface area contributed by atoms with Gasteiger partial charge in [-0.1, -0.05) is 28.8 Å². The minimum absolute atomic E-state index is 0.00254. The second kappa shape index (κ2) is 16.7. The molecule has 3 aromatic rings. The van der Waals surface area contributed by atoms with Gasteiger partial charge in [0.25, 0.3) is 0 Å². The average molecular weight is 744 g/mol. The molecule has 4 atom stereocenters. The molecule has 2 fully saturated rings. The quantitative estimate of drug-likeness (QED) is 0.127. The lowest BCUT2D eigenvalue weighted by molar-refractivity contribution is -0.118. The largest absolute Gasteiger partial charge is 0.497 e. The van der Waals surface area contributed by atoms with Crippen molar-refractivity contribution >= 4 is 39.3 Å². The number of ether oxygens (including phenoxy) is 2. The second-order valence-electron chi connectivity index (χ2n) is 12.6. The van der Waals surface area contributed by atoms with Crippen molar-refractivity contribution in [3.8, 4) is 5.75 Å². The number of sulfonamides is 1. The molecular formula is C34H39ClFN7O7S. The van der Waals surface area contributed by atoms with Gasteiger partial charge in [0.15, 0.2) is 0 Å². The number of nitrogens with zero attached hydrogens (tertiary/aromatic N) is 6. The van der Waals surface area contributed by atoms with Gasteiger partial charge in [0, 0.05) is 59.8 Å². The summed E-state index contributed by atoms with van der Waals surface area (Å²) in [6.07, 6.45) is 2.20. The van der Waals surface area contributed by atoms with Crippen LogP contribution in [0.5, 0.6) is 5.75 Å². The number of hydrogen-bond acceptors (Lipinski definition) is 8. The number of piperazine rings is 1. The van der Waals surface area contributed by atoms with Gasteiger partial charge in [-0.25, -0.2) is 17.6 Å². The Morgan fingerprint density at radius 2 is 1.84 bits per heavy atom. The van der Waals surface area contributed by atoms with Crippen molar-refractivity contribution in [3.05, 3.63) is 93.3 Å². The molecule has 14 nitrogen and oxygen atoms in total. The van der Waals surface area contributed by atoms with Crippen LogP contribution in [0.3, 0.4) is 0 Å². The Kier molecular flexibility index (Phi) is 12.4. The number of carbonyl (C=O) groups is 2. The highest BCUT2D eigenvalue weighted by Crippen LogP contribution is 2.38. The van der Waals surface area contributed by atoms with Crippen molar-refractivity contribution in [2.24, 2.45) is 11.0 Å². The summed E-state index contributed by atoms with van der Waals surface area (Å²) in [7, 11) is -2.67. The predicted molar refractivity (Wildman–Crippen MR) is 187 cm³/mol. The number of benzene rings is 2. The fourth-order valence-electron chi connectivity index (χ4n) is 7.00. The van der Waals surface area contributed by atoms with Crippen LogP contribution in [-0.4, -0.2) is 91.3 Å². The number of nitrogens with one attached hydrogen (secondary N) is 1. The Morgan fingerprint density at radius 1 is 1.16 bits per heavy atom. The number of anilines is 1. The molecule has 2 aliphatic rings. The lowest BCUT2D eigenvalue weighted by Gasteiger charge is -2.43. The van der Waals surface area contributed by atoms with Gasteiger partial charge in [-0.2, -0.15) is 4.31 Å². The summed E-state index contributed by atoms with van der Waals surface area (Å²) < 4.78 is 55.4. The van der Waals surface area contributed by atoms with Crippen LogP contribution in [0.2, 0.25) is 5.02 Å². The second-order valence-corrected chi connectivity index (χ2v) is 14.8. The first-order chi connectivity index (χ1) is 24.4. The summed E-state index contributed by atoms with van der Waals surface area (Å²) in [5, 5.41) is 17.0. The van der Waals surface area contributed by atoms with Crippen molar-refractivity contribution in [1.82, 2.24) is 14.2 Å². The van der Waals surface area contributed by atoms with E-state index in [-0.39, 0.29) is 48.0 Å². The number of methoxy groups -OCH3 is 1. The maximum atomic E-state index is 15.5. The zero-order chi connectivity index (χ0) is 36.7. The number of hydrogen-bond donors (Lipinski definition) is 2. The van der Waals surface area contributed by atoms with Crippen molar-refractivity contribution in [2.75, 3.05) is 38.7 Å². The van der Waals surface area contributed by atoms with E-state index in [2.05, 4.69) is 20.3 Å². The van der Waals surface area contributed by atoms with Crippen LogP contribution in [0.15, 0.2) is 70.9 Å². The van der Waals surface area contributed by atoms with Gasteiger partial charge in [-0.05, 0) is 86.0 Å². The summed E-state index contributed by atoms with van der Waals surface area (Å²) in [6, 6.07) is 9.95. The molecule has 0 aliphatic carbocycles. The Labute approximate surface area is 300 Å². The van der Waals surface area contributed by atoms with E-state index in [1.54, 1.807) is 31.2 Å². The molecule has 3 heterocycles. The normalized spacial score (nSPS) is 19.8. The Balaban J connectivity index is 1.43. The van der Waals surface area contributed by atoms with Crippen LogP contribution in [-0.2, 0) is 26.0 Å². The number of azide groups is 1. The van der Waals surface area contributed by atoms with Crippen molar-refractivity contribution < 1.29 is 37.0 Å². The standard InChI is InChI=1S/C34H39ClFN7O7S/c1-21-19-42(34(45)46)20-25(43(21)51(47,48)27-10-8-26(49-2)9-11-27)7-12-28-29(36)17-38-18-30(28)39-33(44)32(40-41-37)31(23-13-15-50-16-14-23)22-3-5-24(35)6-4-22/h3-6,8-11,17-18,21,23,25,31-32H,7,12-16,19-20H2,1-2H3,(H,39,44)(H,45,46). The van der Waals surface area contributed by atoms with E-state index in [1.807, 2.05) is 0 Å². The molecule has 5 rings (SSSR count). The molecule has 2 saturated heterocycles. The lowest BCUT2D eigenvalue weighted by Crippen LogP contribution is -2.60. The molecule has 0 spiro atoms. The van der Waals surface area contributed by atoms with Crippen LogP contribution in [0.25, 0.3) is 10.4 Å². The third-order valence-electron chi connectivity index (χ3n) is 9.42. The maximum Gasteiger partial charge on any atom is 0.407 e. The molecule has 0 bridgehead atoms. The third kappa shape index (κ3) is 8.71. The molecule has 2 aromatic carbocycles. The number of amides is 2. The van der Waals surface area contributed by atoms with E-state index in [0.717, 1.165) is 16.7 Å². The van der Waals surface area contributed by atoms with Crippen molar-refractivity contribution in [3.63, 3.8) is 0 Å². The van der Waals surface area contributed by atoms with Crippen molar-refractivity contribution in [2.45, 2.75) is 61.5 Å². The minimum Gasteiger partial charge on any atom is -0.497 e. The zero-order valence-electron chi connectivity index (χ0n) is 28.1. The van der Waals surface area contributed by atoms with Crippen LogP contribution >= 0.6 is 11.6 Å². The summed E-state index contributed by atoms with van der Waals surface area (Å²) in [6.45, 7) is 2.35. The van der Waals surface area contributed by atoms with E-state index in [1.165, 1.54) is 41.9 Å². The molecule has 4 unspecified atom stereocenters. The predicted octanol–water partition coefficient (Wildman–Crippen LogP) is 6.08. The molecule has 272 valence electrons. The first-order valence-corrected chi connectivity index (χ1v) is 18.2. The highest BCUT2D eigenvalue weighted by Gasteiger charge is 2.42. The smallest absolute Gasteiger partial charge is 0.407 e. The number of pyridine rings is 1. The van der Waals surface area contributed by atoms with Crippen LogP contribution in [0.4, 0.5) is 14.9 Å². The van der Waals surface area contributed by atoms with Gasteiger partial charge >= 0.3 is 6.09 Å². The highest BCUT2D eigenvalue weighted by atomic mass is 35.5. The number of halogens is 2. The molecule has 0 saturated carbocycles. The number of aromatic nitrogens is 1. The van der Waals surface area contributed by atoms with Gasteiger partial charge in [0.1, 0.15) is 17.6 Å². The first kappa shape index (κ1) is 37.8. The number of rotatable bonds is 12. The number of carboxylic acid groups (broad SMARTS) is 1. The van der Waals surface area contributed by atoms with E-state index >= 15 is 4.39 Å². The lowest BCUT2D eigenvalue weighted by atomic mass is 9.76. The molecule has 51 heavy (non-hydrogen) atoms. The number of carbonyl (C=O) groups excluding carboxylic acids is 1. The fraction of sp³-hybridized carbons (Fsp3) is 0.441. The average Bonchev–Trinajstić information content (AvgIpc) is 3.12. The Hall–Kier alpha value is -4.47. The van der Waals surface area contributed by atoms with Gasteiger partial charge in [-0.3, -0.25) is 9.78 Å². The monoisotopic (exact) mass is 743 g/mol. The van der Waals surface area contributed by atoms with Crippen LogP contribution < -0.4 is 10.1 Å². The molecule has 0 radical (unpaired) electrons. The highest BCUT2D eigenvalue weighted by molar-refractivity contribution is 7.89. The van der Waals surface area contributed by atoms with E-state index in [0.29, 0.717) is 36.8 Å². The summed E-state index contributed by atoms with van der Waals surface area (Å²) in [5.74, 6) is -1.59. The minimum atomic E-state index is -4.13. The Morgan fingerprint density at radius 3 is 2.47 bits per heavy atom. The van der Waals surface area contributed by atoms with Gasteiger partial charge < -0.3 is 24.8 Å². The molecular weight excluding hydrogens is 705 g/mol. The first-order valence-electron chi connectivity index (χ1n) is 16.4. The van der Waals surface area contributed by atoms with E-state index in [9.17, 15) is 28.6 Å². The van der Waals surface area contributed by atoms with Gasteiger partial charge in [0.05, 0.1) is 30.1 Å². The maximum absolute atomic E-state index is 15.5. The molecule has 2 aliphatic heterocycles. The van der Waals surface area contributed by atoms with Gasteiger partial charge in [-0.15, -0.1) is 0 Å². The SMILES string of the molecule is COc1ccc(S(=O)(=O)N2C(C)CN(C(=O)O)CC2CCc2c(F)cncc2NC(=O)C(N=[N+]=[N-])C(c2ccc(Cl)cc2)C2CCOCC2)cc1. The zero-order valence-corrected chi connectivity index (χ0v) is 29.6. The topological polar surface area (TPSA) is 187 Å². The Bertz CT molecular complexity index is 1860. The van der Waals surface area contributed by atoms with Crippen LogP contribution in [0.1, 0.15) is 43.2 Å². The van der Waals surface area contributed by atoms with E-state index < -0.39 is 51.9 Å². The molecule has 1 aromatic heterocycles.